The van der Waals surface area contributed by atoms with E-state index in [0.717, 1.165) is 5.56 Å². The number of para-hydroxylation sites is 2. The van der Waals surface area contributed by atoms with Crippen LogP contribution in [0.3, 0.4) is 0 Å². The van der Waals surface area contributed by atoms with E-state index < -0.39 is 23.9 Å². The fraction of sp³-hybridized carbons (Fsp3) is 0.158. The van der Waals surface area contributed by atoms with E-state index in [1.165, 1.54) is 18.1 Å². The van der Waals surface area contributed by atoms with Gasteiger partial charge in [0.15, 0.2) is 0 Å². The predicted molar refractivity (Wildman–Crippen MR) is 94.3 cm³/mol. The topological polar surface area (TPSA) is 92.9 Å². The van der Waals surface area contributed by atoms with Crippen LogP contribution in [0, 0.1) is 0 Å². The van der Waals surface area contributed by atoms with Crippen LogP contribution in [-0.2, 0) is 14.3 Å². The van der Waals surface area contributed by atoms with Gasteiger partial charge in [0.2, 0.25) is 11.5 Å². The van der Waals surface area contributed by atoms with Crippen LogP contribution in [-0.4, -0.2) is 29.7 Å². The van der Waals surface area contributed by atoms with E-state index in [0.29, 0.717) is 17.1 Å². The summed E-state index contributed by atoms with van der Waals surface area (Å²) in [6.45, 7) is 0. The molecular formula is C19H18N2O4. The Bertz CT molecular complexity index is 848. The van der Waals surface area contributed by atoms with E-state index in [4.69, 9.17) is 5.73 Å². The van der Waals surface area contributed by atoms with Crippen LogP contribution >= 0.6 is 0 Å². The van der Waals surface area contributed by atoms with E-state index in [-0.39, 0.29) is 0 Å². The first kappa shape index (κ1) is 16.7. The molecule has 2 aromatic carbocycles. The normalized spacial score (nSPS) is 19.7. The summed E-state index contributed by atoms with van der Waals surface area (Å²) < 4.78 is 4.65. The lowest BCUT2D eigenvalue weighted by atomic mass is 10.0. The first-order valence-electron chi connectivity index (χ1n) is 7.73. The average Bonchev–Trinajstić information content (AvgIpc) is 2.87. The number of nitrogen functional groups attached to an aromatic ring is 1. The van der Waals surface area contributed by atoms with Gasteiger partial charge in [0, 0.05) is 6.08 Å². The number of nitrogens with zero attached hydrogens (tertiary/aromatic N) is 1. The van der Waals surface area contributed by atoms with Crippen molar-refractivity contribution in [3.05, 3.63) is 66.2 Å². The number of hydrogen-bond acceptors (Lipinski definition) is 6. The maximum Gasteiger partial charge on any atom is 0.310 e. The number of anilines is 2. The number of ketones is 1. The zero-order valence-corrected chi connectivity index (χ0v) is 13.7. The molecule has 0 bridgehead atoms. The maximum absolute atomic E-state index is 12.6. The Labute approximate surface area is 145 Å². The summed E-state index contributed by atoms with van der Waals surface area (Å²) in [6.07, 6.45) is 0.814. The summed E-state index contributed by atoms with van der Waals surface area (Å²) in [7, 11) is 1.21. The number of ether oxygens (including phenoxy) is 1. The second-order valence-corrected chi connectivity index (χ2v) is 5.72. The Balaban J connectivity index is 2.16. The van der Waals surface area contributed by atoms with Gasteiger partial charge in [0.05, 0.1) is 24.2 Å². The number of aliphatic hydroxyl groups is 1. The number of benzene rings is 2. The first-order valence-corrected chi connectivity index (χ1v) is 7.73. The van der Waals surface area contributed by atoms with E-state index in [9.17, 15) is 14.7 Å². The van der Waals surface area contributed by atoms with Gasteiger partial charge in [0.1, 0.15) is 6.42 Å². The molecule has 0 aliphatic carbocycles. The number of hydrogen-bond donors (Lipinski definition) is 2. The molecule has 1 aliphatic rings. The van der Waals surface area contributed by atoms with Gasteiger partial charge in [-0.25, -0.2) is 0 Å². The molecule has 0 fully saturated rings. The maximum atomic E-state index is 12.6. The third kappa shape index (κ3) is 2.88. The summed E-state index contributed by atoms with van der Waals surface area (Å²) in [6, 6.07) is 16.0. The molecule has 1 atom stereocenters. The SMILES string of the molecule is COC(=O)CC1(O)C(=O)C=C(c2ccccc2)N1c1ccccc1N. The summed E-state index contributed by atoms with van der Waals surface area (Å²) >= 11 is 0. The number of methoxy groups -OCH3 is 1. The zero-order valence-electron chi connectivity index (χ0n) is 13.7. The summed E-state index contributed by atoms with van der Waals surface area (Å²) in [5.41, 5.74) is 5.98. The van der Waals surface area contributed by atoms with Gasteiger partial charge in [-0.2, -0.15) is 0 Å². The van der Waals surface area contributed by atoms with E-state index >= 15 is 0 Å². The molecule has 3 N–H and O–H groups in total. The zero-order chi connectivity index (χ0) is 18.0. The third-order valence-electron chi connectivity index (χ3n) is 4.14. The second-order valence-electron chi connectivity index (χ2n) is 5.72. The minimum atomic E-state index is -2.09. The van der Waals surface area contributed by atoms with Gasteiger partial charge < -0.3 is 20.5 Å². The molecule has 0 radical (unpaired) electrons. The molecule has 1 aliphatic heterocycles. The predicted octanol–water partition coefficient (Wildman–Crippen LogP) is 1.95. The van der Waals surface area contributed by atoms with Crippen molar-refractivity contribution in [3.8, 4) is 0 Å². The molecule has 0 amide bonds. The molecule has 0 saturated heterocycles. The highest BCUT2D eigenvalue weighted by Gasteiger charge is 2.50. The fourth-order valence-electron chi connectivity index (χ4n) is 2.89. The molecule has 25 heavy (non-hydrogen) atoms. The lowest BCUT2D eigenvalue weighted by Crippen LogP contribution is -2.51. The van der Waals surface area contributed by atoms with Crippen molar-refractivity contribution >= 4 is 28.8 Å². The summed E-state index contributed by atoms with van der Waals surface area (Å²) in [4.78, 5) is 25.8. The molecule has 0 aromatic heterocycles. The van der Waals surface area contributed by atoms with Crippen molar-refractivity contribution in [2.75, 3.05) is 17.7 Å². The molecule has 0 spiro atoms. The summed E-state index contributed by atoms with van der Waals surface area (Å²) in [5.74, 6) is -1.29. The second kappa shape index (κ2) is 6.41. The Kier molecular flexibility index (Phi) is 4.29. The Morgan fingerprint density at radius 1 is 1.16 bits per heavy atom. The minimum absolute atomic E-state index is 0.377. The number of nitrogens with two attached hydrogens (primary N) is 1. The first-order chi connectivity index (χ1) is 12.0. The minimum Gasteiger partial charge on any atom is -0.469 e. The number of carbonyl (C=O) groups excluding carboxylic acids is 2. The molecule has 6 heteroatoms. The highest BCUT2D eigenvalue weighted by atomic mass is 16.5. The molecule has 2 aromatic rings. The smallest absolute Gasteiger partial charge is 0.310 e. The van der Waals surface area contributed by atoms with Crippen molar-refractivity contribution in [3.63, 3.8) is 0 Å². The Morgan fingerprint density at radius 3 is 2.44 bits per heavy atom. The number of carbonyl (C=O) groups is 2. The van der Waals surface area contributed by atoms with Gasteiger partial charge in [-0.3, -0.25) is 9.59 Å². The van der Waals surface area contributed by atoms with Gasteiger partial charge in [-0.05, 0) is 17.7 Å². The van der Waals surface area contributed by atoms with Crippen LogP contribution in [0.4, 0.5) is 11.4 Å². The number of esters is 1. The lowest BCUT2D eigenvalue weighted by Gasteiger charge is -2.36. The van der Waals surface area contributed by atoms with Crippen LogP contribution in [0.15, 0.2) is 60.7 Å². The third-order valence-corrected chi connectivity index (χ3v) is 4.14. The fourth-order valence-corrected chi connectivity index (χ4v) is 2.89. The lowest BCUT2D eigenvalue weighted by molar-refractivity contribution is -0.150. The molecule has 1 heterocycles. The number of rotatable bonds is 4. The highest BCUT2D eigenvalue weighted by Crippen LogP contribution is 2.42. The van der Waals surface area contributed by atoms with Crippen molar-refractivity contribution in [1.29, 1.82) is 0 Å². The van der Waals surface area contributed by atoms with Crippen LogP contribution < -0.4 is 10.6 Å². The van der Waals surface area contributed by atoms with Crippen molar-refractivity contribution < 1.29 is 19.4 Å². The molecular weight excluding hydrogens is 320 g/mol. The van der Waals surface area contributed by atoms with Gasteiger partial charge in [0.25, 0.3) is 0 Å². The monoisotopic (exact) mass is 338 g/mol. The van der Waals surface area contributed by atoms with E-state index in [1.54, 1.807) is 24.3 Å². The van der Waals surface area contributed by atoms with E-state index in [2.05, 4.69) is 4.74 Å². The van der Waals surface area contributed by atoms with Crippen LogP contribution in [0.2, 0.25) is 0 Å². The molecule has 128 valence electrons. The van der Waals surface area contributed by atoms with Crippen molar-refractivity contribution in [2.45, 2.75) is 12.1 Å². The van der Waals surface area contributed by atoms with Gasteiger partial charge >= 0.3 is 5.97 Å². The summed E-state index contributed by atoms with van der Waals surface area (Å²) in [5, 5.41) is 11.1. The molecule has 6 nitrogen and oxygen atoms in total. The Hall–Kier alpha value is -3.12. The molecule has 0 saturated carbocycles. The van der Waals surface area contributed by atoms with Gasteiger partial charge in [-0.15, -0.1) is 0 Å². The van der Waals surface area contributed by atoms with Crippen LogP contribution in [0.25, 0.3) is 5.70 Å². The van der Waals surface area contributed by atoms with Crippen LogP contribution in [0.1, 0.15) is 12.0 Å². The average molecular weight is 338 g/mol. The van der Waals surface area contributed by atoms with E-state index in [1.807, 2.05) is 30.3 Å². The van der Waals surface area contributed by atoms with Crippen LogP contribution in [0.5, 0.6) is 0 Å². The standard InChI is InChI=1S/C19H18N2O4/c1-25-18(23)12-19(24)17(22)11-16(13-7-3-2-4-8-13)21(19)15-10-6-5-9-14(15)20/h2-11,24H,12,20H2,1H3. The highest BCUT2D eigenvalue weighted by molar-refractivity contribution is 6.15. The quantitative estimate of drug-likeness (QED) is 0.654. The molecule has 1 unspecified atom stereocenters. The molecule has 3 rings (SSSR count). The Morgan fingerprint density at radius 2 is 1.80 bits per heavy atom. The van der Waals surface area contributed by atoms with Crippen molar-refractivity contribution in [1.82, 2.24) is 0 Å². The van der Waals surface area contributed by atoms with Crippen molar-refractivity contribution in [2.24, 2.45) is 0 Å². The largest absolute Gasteiger partial charge is 0.469 e. The van der Waals surface area contributed by atoms with Gasteiger partial charge in [-0.1, -0.05) is 42.5 Å².